The van der Waals surface area contributed by atoms with Gasteiger partial charge < -0.3 is 15.4 Å². The molecular weight excluding hydrogens is 172 g/mol. The third-order valence-corrected chi connectivity index (χ3v) is 1.81. The fourth-order valence-corrected chi connectivity index (χ4v) is 1.05. The maximum absolute atomic E-state index is 10.9. The van der Waals surface area contributed by atoms with Crippen LogP contribution in [-0.4, -0.2) is 24.6 Å². The Morgan fingerprint density at radius 2 is 2.15 bits per heavy atom. The summed E-state index contributed by atoms with van der Waals surface area (Å²) in [7, 11) is 1.29. The van der Waals surface area contributed by atoms with E-state index in [2.05, 4.69) is 15.4 Å². The molecule has 1 aliphatic rings. The van der Waals surface area contributed by atoms with Gasteiger partial charge in [-0.3, -0.25) is 0 Å². The van der Waals surface area contributed by atoms with Crippen LogP contribution >= 0.6 is 0 Å². The topological polar surface area (TPSA) is 67.4 Å². The molecule has 0 aromatic carbocycles. The number of hydrogen-bond donors (Lipinski definition) is 2. The smallest absolute Gasteiger partial charge is 0.332 e. The molecule has 5 heteroatoms. The zero-order valence-electron chi connectivity index (χ0n) is 7.80. The SMILES string of the molecule is COC(=O)/C=C1/NC(=O)NC1(C)C. The molecule has 2 N–H and O–H groups in total. The predicted octanol–water partition coefficient (Wildman–Crippen LogP) is 0.135. The highest BCUT2D eigenvalue weighted by Gasteiger charge is 2.33. The number of urea groups is 1. The number of carbonyl (C=O) groups is 2. The molecule has 0 spiro atoms. The maximum atomic E-state index is 10.9. The summed E-state index contributed by atoms with van der Waals surface area (Å²) in [5.41, 5.74) is -0.0185. The van der Waals surface area contributed by atoms with Gasteiger partial charge in [0.1, 0.15) is 0 Å². The fourth-order valence-electron chi connectivity index (χ4n) is 1.05. The summed E-state index contributed by atoms with van der Waals surface area (Å²) in [6, 6.07) is -0.305. The molecule has 0 atom stereocenters. The zero-order chi connectivity index (χ0) is 10.1. The Labute approximate surface area is 76.1 Å². The average Bonchev–Trinajstić information content (AvgIpc) is 2.24. The summed E-state index contributed by atoms with van der Waals surface area (Å²) in [5, 5.41) is 5.17. The molecule has 0 bridgehead atoms. The molecule has 72 valence electrons. The van der Waals surface area contributed by atoms with Gasteiger partial charge in [0.25, 0.3) is 0 Å². The lowest BCUT2D eigenvalue weighted by Gasteiger charge is -2.17. The van der Waals surface area contributed by atoms with Crippen LogP contribution in [0.3, 0.4) is 0 Å². The van der Waals surface area contributed by atoms with Crippen LogP contribution in [0.4, 0.5) is 4.79 Å². The van der Waals surface area contributed by atoms with Gasteiger partial charge in [0.05, 0.1) is 18.3 Å². The summed E-state index contributed by atoms with van der Waals surface area (Å²) in [6.07, 6.45) is 1.26. The van der Waals surface area contributed by atoms with Gasteiger partial charge in [0, 0.05) is 6.08 Å². The minimum atomic E-state index is -0.536. The van der Waals surface area contributed by atoms with Crippen molar-refractivity contribution in [3.05, 3.63) is 11.8 Å². The third-order valence-electron chi connectivity index (χ3n) is 1.81. The molecule has 13 heavy (non-hydrogen) atoms. The molecule has 1 fully saturated rings. The van der Waals surface area contributed by atoms with Gasteiger partial charge in [0.2, 0.25) is 0 Å². The first-order chi connectivity index (χ1) is 5.95. The molecule has 0 unspecified atom stereocenters. The Morgan fingerprint density at radius 3 is 2.54 bits per heavy atom. The first-order valence-corrected chi connectivity index (χ1v) is 3.85. The highest BCUT2D eigenvalue weighted by molar-refractivity contribution is 5.88. The van der Waals surface area contributed by atoms with Crippen LogP contribution in [0.5, 0.6) is 0 Å². The van der Waals surface area contributed by atoms with E-state index in [0.29, 0.717) is 5.70 Å². The van der Waals surface area contributed by atoms with Crippen molar-refractivity contribution in [1.29, 1.82) is 0 Å². The molecular formula is C8H12N2O3. The van der Waals surface area contributed by atoms with E-state index in [1.807, 2.05) is 0 Å². The lowest BCUT2D eigenvalue weighted by Crippen LogP contribution is -2.35. The van der Waals surface area contributed by atoms with E-state index >= 15 is 0 Å². The second kappa shape index (κ2) is 3.08. The predicted molar refractivity (Wildman–Crippen MR) is 45.8 cm³/mol. The van der Waals surface area contributed by atoms with Crippen molar-refractivity contribution in [2.24, 2.45) is 0 Å². The lowest BCUT2D eigenvalue weighted by molar-refractivity contribution is -0.134. The Hall–Kier alpha value is -1.52. The molecule has 0 saturated carbocycles. The standard InChI is InChI=1S/C8H12N2O3/c1-8(2)5(4-6(11)13-3)9-7(12)10-8/h4H,1-3H3,(H2,9,10,12)/b5-4+. The van der Waals surface area contributed by atoms with Crippen molar-refractivity contribution in [3.8, 4) is 0 Å². The number of ether oxygens (including phenoxy) is 1. The Bertz CT molecular complexity index is 281. The number of hydrogen-bond acceptors (Lipinski definition) is 3. The van der Waals surface area contributed by atoms with Crippen LogP contribution < -0.4 is 10.6 Å². The van der Waals surface area contributed by atoms with E-state index in [4.69, 9.17) is 0 Å². The zero-order valence-corrected chi connectivity index (χ0v) is 7.80. The van der Waals surface area contributed by atoms with E-state index in [0.717, 1.165) is 0 Å². The van der Waals surface area contributed by atoms with Crippen molar-refractivity contribution < 1.29 is 14.3 Å². The van der Waals surface area contributed by atoms with Crippen molar-refractivity contribution in [2.75, 3.05) is 7.11 Å². The van der Waals surface area contributed by atoms with Crippen molar-refractivity contribution in [2.45, 2.75) is 19.4 Å². The fraction of sp³-hybridized carbons (Fsp3) is 0.500. The van der Waals surface area contributed by atoms with E-state index in [9.17, 15) is 9.59 Å². The Balaban J connectivity index is 2.86. The summed E-state index contributed by atoms with van der Waals surface area (Å²) in [4.78, 5) is 21.8. The average molecular weight is 184 g/mol. The third kappa shape index (κ3) is 1.99. The highest BCUT2D eigenvalue weighted by atomic mass is 16.5. The number of amides is 2. The number of nitrogens with one attached hydrogen (secondary N) is 2. The molecule has 0 aliphatic carbocycles. The maximum Gasteiger partial charge on any atom is 0.332 e. The van der Waals surface area contributed by atoms with Crippen LogP contribution in [0.1, 0.15) is 13.8 Å². The van der Waals surface area contributed by atoms with Crippen LogP contribution in [0.25, 0.3) is 0 Å². The summed E-state index contributed by atoms with van der Waals surface area (Å²) in [5.74, 6) is -0.480. The highest BCUT2D eigenvalue weighted by Crippen LogP contribution is 2.17. The first kappa shape index (κ1) is 9.57. The van der Waals surface area contributed by atoms with E-state index < -0.39 is 11.5 Å². The van der Waals surface area contributed by atoms with Gasteiger partial charge in [0.15, 0.2) is 0 Å². The number of carbonyl (C=O) groups excluding carboxylic acids is 2. The van der Waals surface area contributed by atoms with Crippen LogP contribution in [0.15, 0.2) is 11.8 Å². The number of esters is 1. The molecule has 1 rings (SSSR count). The second-order valence-electron chi connectivity index (χ2n) is 3.29. The normalized spacial score (nSPS) is 22.4. The molecule has 0 aromatic heterocycles. The van der Waals surface area contributed by atoms with E-state index in [1.165, 1.54) is 13.2 Å². The summed E-state index contributed by atoms with van der Waals surface area (Å²) in [6.45, 7) is 3.58. The monoisotopic (exact) mass is 184 g/mol. The molecule has 2 amide bonds. The molecule has 0 radical (unpaired) electrons. The Kier molecular flexibility index (Phi) is 2.27. The largest absolute Gasteiger partial charge is 0.466 e. The molecule has 5 nitrogen and oxygen atoms in total. The summed E-state index contributed by atoms with van der Waals surface area (Å²) < 4.78 is 4.45. The number of methoxy groups -OCH3 is 1. The lowest BCUT2D eigenvalue weighted by atomic mass is 10.0. The van der Waals surface area contributed by atoms with Gasteiger partial charge in [-0.05, 0) is 13.8 Å². The summed E-state index contributed by atoms with van der Waals surface area (Å²) >= 11 is 0. The van der Waals surface area contributed by atoms with E-state index in [1.54, 1.807) is 13.8 Å². The van der Waals surface area contributed by atoms with Crippen molar-refractivity contribution in [1.82, 2.24) is 10.6 Å². The van der Waals surface area contributed by atoms with Crippen LogP contribution in [0.2, 0.25) is 0 Å². The van der Waals surface area contributed by atoms with E-state index in [-0.39, 0.29) is 6.03 Å². The molecule has 1 aliphatic heterocycles. The van der Waals surface area contributed by atoms with Crippen molar-refractivity contribution in [3.63, 3.8) is 0 Å². The molecule has 0 aromatic rings. The van der Waals surface area contributed by atoms with Gasteiger partial charge in [-0.1, -0.05) is 0 Å². The van der Waals surface area contributed by atoms with Crippen LogP contribution in [-0.2, 0) is 9.53 Å². The second-order valence-corrected chi connectivity index (χ2v) is 3.29. The van der Waals surface area contributed by atoms with Crippen LogP contribution in [0, 0.1) is 0 Å². The molecule has 1 saturated heterocycles. The van der Waals surface area contributed by atoms with Gasteiger partial charge in [-0.25, -0.2) is 9.59 Å². The number of rotatable bonds is 1. The quantitative estimate of drug-likeness (QED) is 0.449. The van der Waals surface area contributed by atoms with Crippen molar-refractivity contribution >= 4 is 12.0 Å². The minimum absolute atomic E-state index is 0.305. The molecule has 1 heterocycles. The first-order valence-electron chi connectivity index (χ1n) is 3.85. The van der Waals surface area contributed by atoms with Gasteiger partial charge in [-0.15, -0.1) is 0 Å². The Morgan fingerprint density at radius 1 is 1.54 bits per heavy atom. The minimum Gasteiger partial charge on any atom is -0.466 e. The van der Waals surface area contributed by atoms with Gasteiger partial charge in [-0.2, -0.15) is 0 Å². The van der Waals surface area contributed by atoms with Gasteiger partial charge >= 0.3 is 12.0 Å².